The van der Waals surface area contributed by atoms with E-state index in [4.69, 9.17) is 0 Å². The maximum Gasteiger partial charge on any atom is 0.517 e. The molecular weight excluding hydrogens is 601 g/mol. The highest BCUT2D eigenvalue weighted by molar-refractivity contribution is 8.05. The second-order valence-corrected chi connectivity index (χ2v) is 11.2. The fourth-order valence-electron chi connectivity index (χ4n) is 2.43. The fourth-order valence-corrected chi connectivity index (χ4v) is 4.99. The number of pyridine rings is 1. The summed E-state index contributed by atoms with van der Waals surface area (Å²) in [6.07, 6.45) is 2.61. The van der Waals surface area contributed by atoms with Gasteiger partial charge in [-0.2, -0.15) is 56.3 Å². The number of aromatic nitrogens is 2. The lowest BCUT2D eigenvalue weighted by Crippen LogP contribution is -2.55. The van der Waals surface area contributed by atoms with Gasteiger partial charge in [-0.05, 0) is 19.9 Å². The molecule has 2 heterocycles. The van der Waals surface area contributed by atoms with Crippen LogP contribution in [0.15, 0.2) is 35.5 Å². The summed E-state index contributed by atoms with van der Waals surface area (Å²) in [6.45, 7) is 9.94. The molecule has 0 aliphatic rings. The first-order valence-electron chi connectivity index (χ1n) is 10.3. The fraction of sp³-hybridized carbons (Fsp3) is 0.526. The van der Waals surface area contributed by atoms with Gasteiger partial charge in [0.25, 0.3) is 0 Å². The molecule has 9 nitrogen and oxygen atoms in total. The molecule has 2 rings (SSSR count). The summed E-state index contributed by atoms with van der Waals surface area (Å²) >= 11 is 0. The Bertz CT molecular complexity index is 1230. The van der Waals surface area contributed by atoms with Crippen molar-refractivity contribution >= 4 is 26.0 Å². The number of amides is 1. The summed E-state index contributed by atoms with van der Waals surface area (Å²) in [7, 11) is -15.6. The van der Waals surface area contributed by atoms with E-state index in [1.54, 1.807) is 6.20 Å². The molecule has 0 radical (unpaired) electrons. The van der Waals surface area contributed by atoms with Crippen molar-refractivity contribution in [2.45, 2.75) is 64.3 Å². The predicted octanol–water partition coefficient (Wildman–Crippen LogP) is 4.45. The Morgan fingerprint density at radius 3 is 1.74 bits per heavy atom. The first-order chi connectivity index (χ1) is 17.4. The highest BCUT2D eigenvalue weighted by Gasteiger charge is 2.67. The summed E-state index contributed by atoms with van der Waals surface area (Å²) in [4.78, 5) is 13.9. The molecule has 0 spiro atoms. The van der Waals surface area contributed by atoms with Gasteiger partial charge in [-0.15, -0.1) is 3.71 Å². The molecule has 20 heteroatoms. The second kappa shape index (κ2) is 13.4. The molecular formula is C19H23F9N3O6S2+. The van der Waals surface area contributed by atoms with Gasteiger partial charge in [0.05, 0.1) is 6.20 Å². The zero-order valence-electron chi connectivity index (χ0n) is 20.5. The molecule has 0 bridgehead atoms. The van der Waals surface area contributed by atoms with Crippen molar-refractivity contribution < 1.29 is 70.1 Å². The molecule has 2 aromatic heterocycles. The van der Waals surface area contributed by atoms with Crippen LogP contribution in [0.5, 0.6) is 0 Å². The monoisotopic (exact) mass is 624 g/mol. The molecule has 0 unspecified atom stereocenters. The SMILES string of the molecule is CCCC[n+]1cc(C)cc(C)c1C.O=C(N(S(=O)(=O)C(F)(F)F)S(=O)(=O)C(F)(F)F)C(F)(F)F.c1cocn1. The van der Waals surface area contributed by atoms with Gasteiger partial charge in [-0.3, -0.25) is 4.79 Å². The van der Waals surface area contributed by atoms with E-state index < -0.39 is 46.9 Å². The molecule has 39 heavy (non-hydrogen) atoms. The van der Waals surface area contributed by atoms with Gasteiger partial charge in [-0.1, -0.05) is 13.3 Å². The van der Waals surface area contributed by atoms with Crippen molar-refractivity contribution in [1.82, 2.24) is 8.69 Å². The Balaban J connectivity index is 0.000000668. The lowest BCUT2D eigenvalue weighted by atomic mass is 10.1. The lowest BCUT2D eigenvalue weighted by molar-refractivity contribution is -0.703. The molecule has 0 aromatic carbocycles. The summed E-state index contributed by atoms with van der Waals surface area (Å²) in [6, 6.07) is 2.25. The second-order valence-electron chi connectivity index (χ2n) is 7.41. The number of halogens is 9. The number of nitrogens with zero attached hydrogens (tertiary/aromatic N) is 3. The molecule has 0 aliphatic carbocycles. The Labute approximate surface area is 217 Å². The van der Waals surface area contributed by atoms with Crippen LogP contribution in [0.25, 0.3) is 0 Å². The van der Waals surface area contributed by atoms with Crippen LogP contribution >= 0.6 is 0 Å². The maximum atomic E-state index is 12.0. The smallest absolute Gasteiger partial charge is 0.452 e. The number of rotatable bonds is 5. The molecule has 0 fully saturated rings. The average molecular weight is 625 g/mol. The van der Waals surface area contributed by atoms with Crippen LogP contribution in [0, 0.1) is 20.8 Å². The zero-order valence-corrected chi connectivity index (χ0v) is 22.2. The molecule has 0 atom stereocenters. The van der Waals surface area contributed by atoms with E-state index >= 15 is 0 Å². The summed E-state index contributed by atoms with van der Waals surface area (Å²) in [5, 5.41) is 0. The van der Waals surface area contributed by atoms with Gasteiger partial charge in [0.2, 0.25) is 0 Å². The van der Waals surface area contributed by atoms with E-state index in [0.29, 0.717) is 0 Å². The van der Waals surface area contributed by atoms with Gasteiger partial charge in [0.1, 0.15) is 12.8 Å². The van der Waals surface area contributed by atoms with Crippen LogP contribution in [0.3, 0.4) is 0 Å². The van der Waals surface area contributed by atoms with E-state index in [1.165, 1.54) is 42.3 Å². The number of carbonyl (C=O) groups is 1. The van der Waals surface area contributed by atoms with E-state index in [2.05, 4.69) is 53.9 Å². The first kappa shape index (κ1) is 36.1. The van der Waals surface area contributed by atoms with Crippen LogP contribution < -0.4 is 4.57 Å². The third-order valence-electron chi connectivity index (χ3n) is 4.33. The van der Waals surface area contributed by atoms with Crippen molar-refractivity contribution in [3.8, 4) is 0 Å². The molecule has 224 valence electrons. The number of hydrogen-bond acceptors (Lipinski definition) is 7. The Hall–Kier alpha value is -2.90. The number of oxazole rings is 1. The Morgan fingerprint density at radius 2 is 1.44 bits per heavy atom. The molecule has 0 aliphatic heterocycles. The van der Waals surface area contributed by atoms with Crippen molar-refractivity contribution in [3.05, 3.63) is 47.9 Å². The zero-order chi connectivity index (χ0) is 31.0. The standard InChI is InChI=1S/C12H20N.C4F9NO5S2.C3H3NO/c1-5-6-7-13-9-10(2)8-11(3)12(13)4;5-2(6,7)1(15)14(20(16,17)3(8,9)10)21(18,19)4(11,12)13;1-2-5-3-4-1/h8-9H,5-7H2,1-4H3;;1-3H/q+1;;. The van der Waals surface area contributed by atoms with Crippen LogP contribution in [0.1, 0.15) is 36.6 Å². The van der Waals surface area contributed by atoms with Crippen LogP contribution in [-0.2, 0) is 31.4 Å². The minimum Gasteiger partial charge on any atom is -0.452 e. The number of sulfonamides is 2. The summed E-state index contributed by atoms with van der Waals surface area (Å²) < 4.78 is 153. The summed E-state index contributed by atoms with van der Waals surface area (Å²) in [5.41, 5.74) is -9.66. The quantitative estimate of drug-likeness (QED) is 0.356. The van der Waals surface area contributed by atoms with Crippen LogP contribution in [0.4, 0.5) is 39.5 Å². The number of carbonyl (C=O) groups excluding carboxylic acids is 1. The van der Waals surface area contributed by atoms with E-state index in [0.717, 1.165) is 6.54 Å². The molecule has 1 amide bonds. The highest BCUT2D eigenvalue weighted by Crippen LogP contribution is 2.37. The molecule has 2 aromatic rings. The van der Waals surface area contributed by atoms with Crippen LogP contribution in [0.2, 0.25) is 0 Å². The lowest BCUT2D eigenvalue weighted by Gasteiger charge is -2.24. The highest BCUT2D eigenvalue weighted by atomic mass is 32.3. The van der Waals surface area contributed by atoms with Gasteiger partial charge in [0, 0.05) is 24.5 Å². The van der Waals surface area contributed by atoms with E-state index in [-0.39, 0.29) is 0 Å². The molecule has 0 saturated heterocycles. The van der Waals surface area contributed by atoms with Crippen molar-refractivity contribution in [2.24, 2.45) is 0 Å². The number of alkyl halides is 9. The van der Waals surface area contributed by atoms with Crippen molar-refractivity contribution in [3.63, 3.8) is 0 Å². The van der Waals surface area contributed by atoms with Crippen LogP contribution in [-0.4, -0.2) is 48.6 Å². The third-order valence-corrected chi connectivity index (χ3v) is 7.89. The topological polar surface area (TPSA) is 118 Å². The normalized spacial score (nSPS) is 12.5. The minimum absolute atomic E-state index is 1.16. The first-order valence-corrected chi connectivity index (χ1v) is 13.1. The molecule has 0 saturated carbocycles. The maximum absolute atomic E-state index is 12.0. The van der Waals surface area contributed by atoms with E-state index in [9.17, 15) is 61.1 Å². The van der Waals surface area contributed by atoms with Gasteiger partial charge in [-0.25, -0.2) is 9.55 Å². The number of aryl methyl sites for hydroxylation is 3. The Kier molecular flexibility index (Phi) is 12.4. The average Bonchev–Trinajstić information content (AvgIpc) is 3.33. The van der Waals surface area contributed by atoms with E-state index in [1.807, 2.05) is 0 Å². The molecule has 0 N–H and O–H groups in total. The van der Waals surface area contributed by atoms with Gasteiger partial charge < -0.3 is 4.42 Å². The number of unbranched alkanes of at least 4 members (excludes halogenated alkanes) is 1. The number of hydrogen-bond donors (Lipinski definition) is 0. The van der Waals surface area contributed by atoms with Crippen molar-refractivity contribution in [1.29, 1.82) is 0 Å². The minimum atomic E-state index is -7.81. The van der Waals surface area contributed by atoms with Gasteiger partial charge >= 0.3 is 43.1 Å². The predicted molar refractivity (Wildman–Crippen MR) is 115 cm³/mol. The van der Waals surface area contributed by atoms with Crippen molar-refractivity contribution in [2.75, 3.05) is 0 Å². The summed E-state index contributed by atoms with van der Waals surface area (Å²) in [5.74, 6) is -4.39. The largest absolute Gasteiger partial charge is 0.517 e. The van der Waals surface area contributed by atoms with Gasteiger partial charge in [0.15, 0.2) is 18.3 Å². The third kappa shape index (κ3) is 9.97. The Morgan fingerprint density at radius 1 is 0.949 bits per heavy atom.